The smallest absolute Gasteiger partial charge is 0.148 e. The predicted octanol–water partition coefficient (Wildman–Crippen LogP) is 2.50. The number of hydrogen-bond donors (Lipinski definition) is 1. The molecular weight excluding hydrogens is 218 g/mol. The van der Waals surface area contributed by atoms with Gasteiger partial charge in [0.1, 0.15) is 11.0 Å². The van der Waals surface area contributed by atoms with E-state index in [1.54, 1.807) is 6.20 Å². The zero-order valence-corrected chi connectivity index (χ0v) is 9.45. The Bertz CT molecular complexity index is 459. The van der Waals surface area contributed by atoms with Gasteiger partial charge in [-0.2, -0.15) is 5.26 Å². The van der Waals surface area contributed by atoms with E-state index >= 15 is 0 Å². The number of aromatic nitrogens is 1. The van der Waals surface area contributed by atoms with Crippen LogP contribution in [0.2, 0.25) is 0 Å². The van der Waals surface area contributed by atoms with Gasteiger partial charge >= 0.3 is 0 Å². The summed E-state index contributed by atoms with van der Waals surface area (Å²) in [4.78, 5) is 4.13. The number of benzene rings is 1. The van der Waals surface area contributed by atoms with Crippen molar-refractivity contribution in [1.29, 1.82) is 5.26 Å². The molecule has 2 aromatic rings. The van der Waals surface area contributed by atoms with Gasteiger partial charge in [0.2, 0.25) is 0 Å². The molecule has 1 heterocycles. The van der Waals surface area contributed by atoms with Crippen LogP contribution in [0.3, 0.4) is 0 Å². The van der Waals surface area contributed by atoms with Crippen LogP contribution in [0.5, 0.6) is 0 Å². The minimum atomic E-state index is -0.319. The number of rotatable bonds is 4. The lowest BCUT2D eigenvalue weighted by Crippen LogP contribution is -2.19. The first-order chi connectivity index (χ1) is 7.90. The molecule has 80 valence electrons. The Balaban J connectivity index is 1.97. The summed E-state index contributed by atoms with van der Waals surface area (Å²) in [7, 11) is 0. The Labute approximate surface area is 98.4 Å². The molecule has 1 N–H and O–H groups in total. The minimum absolute atomic E-state index is 0.319. The number of nitrogens with zero attached hydrogens (tertiary/aromatic N) is 2. The van der Waals surface area contributed by atoms with Gasteiger partial charge < -0.3 is 0 Å². The molecule has 0 aliphatic heterocycles. The molecule has 0 bridgehead atoms. The Morgan fingerprint density at radius 1 is 1.38 bits per heavy atom. The summed E-state index contributed by atoms with van der Waals surface area (Å²) < 4.78 is 0. The van der Waals surface area contributed by atoms with E-state index in [-0.39, 0.29) is 6.04 Å². The molecular formula is C12H11N3S. The molecule has 0 spiro atoms. The maximum absolute atomic E-state index is 9.03. The normalized spacial score (nSPS) is 11.9. The number of nitrogens with one attached hydrogen (secondary N) is 1. The highest BCUT2D eigenvalue weighted by Gasteiger charge is 2.11. The standard InChI is InChI=1S/C12H11N3S/c13-8-11(12-14-6-7-16-12)15-9-10-4-2-1-3-5-10/h1-7,11,15H,9H2. The highest BCUT2D eigenvalue weighted by molar-refractivity contribution is 7.09. The largest absolute Gasteiger partial charge is 0.292 e. The van der Waals surface area contributed by atoms with Crippen LogP contribution in [0.15, 0.2) is 41.9 Å². The molecule has 1 aromatic heterocycles. The summed E-state index contributed by atoms with van der Waals surface area (Å²) in [6, 6.07) is 11.9. The van der Waals surface area contributed by atoms with E-state index in [9.17, 15) is 0 Å². The first kappa shape index (κ1) is 10.8. The quantitative estimate of drug-likeness (QED) is 0.876. The van der Waals surface area contributed by atoms with E-state index in [1.165, 1.54) is 16.9 Å². The molecule has 0 amide bonds. The van der Waals surface area contributed by atoms with E-state index < -0.39 is 0 Å². The second kappa shape index (κ2) is 5.40. The van der Waals surface area contributed by atoms with E-state index in [0.717, 1.165) is 5.01 Å². The van der Waals surface area contributed by atoms with Gasteiger partial charge in [0, 0.05) is 18.1 Å². The molecule has 0 saturated heterocycles. The zero-order valence-electron chi connectivity index (χ0n) is 8.63. The third kappa shape index (κ3) is 2.66. The lowest BCUT2D eigenvalue weighted by atomic mass is 10.2. The van der Waals surface area contributed by atoms with Crippen LogP contribution < -0.4 is 5.32 Å². The van der Waals surface area contributed by atoms with Crippen LogP contribution in [0.1, 0.15) is 16.6 Å². The van der Waals surface area contributed by atoms with Crippen LogP contribution in [-0.2, 0) is 6.54 Å². The van der Waals surface area contributed by atoms with E-state index in [1.807, 2.05) is 35.7 Å². The highest BCUT2D eigenvalue weighted by Crippen LogP contribution is 2.15. The van der Waals surface area contributed by atoms with Crippen molar-refractivity contribution < 1.29 is 0 Å². The van der Waals surface area contributed by atoms with Crippen LogP contribution in [-0.4, -0.2) is 4.98 Å². The summed E-state index contributed by atoms with van der Waals surface area (Å²) in [5, 5.41) is 14.9. The average Bonchev–Trinajstić information content (AvgIpc) is 2.85. The summed E-state index contributed by atoms with van der Waals surface area (Å²) >= 11 is 1.49. The molecule has 1 aromatic carbocycles. The fourth-order valence-corrected chi connectivity index (χ4v) is 2.04. The third-order valence-corrected chi connectivity index (χ3v) is 3.02. The second-order valence-electron chi connectivity index (χ2n) is 3.30. The first-order valence-electron chi connectivity index (χ1n) is 4.96. The van der Waals surface area contributed by atoms with Gasteiger partial charge in [-0.05, 0) is 5.56 Å². The van der Waals surface area contributed by atoms with Crippen molar-refractivity contribution in [2.24, 2.45) is 0 Å². The zero-order chi connectivity index (χ0) is 11.2. The van der Waals surface area contributed by atoms with Crippen LogP contribution in [0.25, 0.3) is 0 Å². The Morgan fingerprint density at radius 3 is 2.81 bits per heavy atom. The molecule has 4 heteroatoms. The Hall–Kier alpha value is -1.70. The van der Waals surface area contributed by atoms with Crippen molar-refractivity contribution in [3.63, 3.8) is 0 Å². The summed E-state index contributed by atoms with van der Waals surface area (Å²) in [6.45, 7) is 0.679. The van der Waals surface area contributed by atoms with Crippen LogP contribution in [0.4, 0.5) is 0 Å². The summed E-state index contributed by atoms with van der Waals surface area (Å²) in [5.74, 6) is 0. The number of hydrogen-bond acceptors (Lipinski definition) is 4. The van der Waals surface area contributed by atoms with Crippen molar-refractivity contribution in [2.75, 3.05) is 0 Å². The molecule has 0 aliphatic carbocycles. The lowest BCUT2D eigenvalue weighted by Gasteiger charge is -2.08. The molecule has 0 saturated carbocycles. The maximum atomic E-state index is 9.03. The molecule has 1 unspecified atom stereocenters. The molecule has 0 fully saturated rings. The van der Waals surface area contributed by atoms with Gasteiger partial charge in [-0.25, -0.2) is 4.98 Å². The van der Waals surface area contributed by atoms with Gasteiger partial charge in [-0.1, -0.05) is 30.3 Å². The highest BCUT2D eigenvalue weighted by atomic mass is 32.1. The van der Waals surface area contributed by atoms with Gasteiger partial charge in [0.25, 0.3) is 0 Å². The fraction of sp³-hybridized carbons (Fsp3) is 0.167. The van der Waals surface area contributed by atoms with Gasteiger partial charge in [-0.3, -0.25) is 5.32 Å². The predicted molar refractivity (Wildman–Crippen MR) is 63.7 cm³/mol. The van der Waals surface area contributed by atoms with Crippen molar-refractivity contribution in [1.82, 2.24) is 10.3 Å². The summed E-state index contributed by atoms with van der Waals surface area (Å²) in [5.41, 5.74) is 1.17. The summed E-state index contributed by atoms with van der Waals surface area (Å²) in [6.07, 6.45) is 1.72. The maximum Gasteiger partial charge on any atom is 0.148 e. The lowest BCUT2D eigenvalue weighted by molar-refractivity contribution is 0.627. The minimum Gasteiger partial charge on any atom is -0.292 e. The Morgan fingerprint density at radius 2 is 2.19 bits per heavy atom. The molecule has 16 heavy (non-hydrogen) atoms. The third-order valence-electron chi connectivity index (χ3n) is 2.18. The van der Waals surface area contributed by atoms with E-state index in [2.05, 4.69) is 16.4 Å². The van der Waals surface area contributed by atoms with Crippen molar-refractivity contribution >= 4 is 11.3 Å². The SMILES string of the molecule is N#CC(NCc1ccccc1)c1nccs1. The fourth-order valence-electron chi connectivity index (χ4n) is 1.38. The van der Waals surface area contributed by atoms with Crippen molar-refractivity contribution in [3.8, 4) is 6.07 Å². The van der Waals surface area contributed by atoms with Crippen LogP contribution in [0, 0.1) is 11.3 Å². The monoisotopic (exact) mass is 229 g/mol. The van der Waals surface area contributed by atoms with Crippen molar-refractivity contribution in [2.45, 2.75) is 12.6 Å². The molecule has 0 radical (unpaired) electrons. The second-order valence-corrected chi connectivity index (χ2v) is 4.23. The van der Waals surface area contributed by atoms with Crippen molar-refractivity contribution in [3.05, 3.63) is 52.5 Å². The topological polar surface area (TPSA) is 48.7 Å². The van der Waals surface area contributed by atoms with Gasteiger partial charge in [0.15, 0.2) is 0 Å². The number of nitriles is 1. The first-order valence-corrected chi connectivity index (χ1v) is 5.84. The Kier molecular flexibility index (Phi) is 3.65. The average molecular weight is 229 g/mol. The molecule has 1 atom stereocenters. The molecule has 0 aliphatic rings. The van der Waals surface area contributed by atoms with Gasteiger partial charge in [-0.15, -0.1) is 11.3 Å². The molecule has 3 nitrogen and oxygen atoms in total. The van der Waals surface area contributed by atoms with E-state index in [4.69, 9.17) is 5.26 Å². The number of thiazole rings is 1. The van der Waals surface area contributed by atoms with Gasteiger partial charge in [0.05, 0.1) is 6.07 Å². The van der Waals surface area contributed by atoms with E-state index in [0.29, 0.717) is 6.54 Å². The van der Waals surface area contributed by atoms with Crippen LogP contribution >= 0.6 is 11.3 Å². The molecule has 2 rings (SSSR count).